The molecule has 0 amide bonds. The molecule has 0 aromatic heterocycles. The largest absolute Gasteiger partial charge is 0.508 e. The molecular weight excluding hydrogens is 340 g/mol. The van der Waals surface area contributed by atoms with Gasteiger partial charge in [0.25, 0.3) is 0 Å². The van der Waals surface area contributed by atoms with E-state index in [1.165, 1.54) is 0 Å². The van der Waals surface area contributed by atoms with Crippen LogP contribution in [0.3, 0.4) is 0 Å². The highest BCUT2D eigenvalue weighted by molar-refractivity contribution is 5.73. The first-order valence-electron chi connectivity index (χ1n) is 9.10. The molecule has 4 N–H and O–H groups in total. The third kappa shape index (κ3) is 13.5. The molecule has 5 heteroatoms. The fourth-order valence-electron chi connectivity index (χ4n) is 2.01. The number of hydrogen-bond donors (Lipinski definition) is 4. The summed E-state index contributed by atoms with van der Waals surface area (Å²) in [5.74, 6) is 0.923. The monoisotopic (exact) mass is 374 g/mol. The molecule has 0 aromatic carbocycles. The zero-order chi connectivity index (χ0) is 20.7. The molecule has 150 valence electrons. The van der Waals surface area contributed by atoms with Crippen LogP contribution in [0.25, 0.3) is 0 Å². The van der Waals surface area contributed by atoms with Crippen molar-refractivity contribution in [2.45, 2.75) is 40.3 Å². The van der Waals surface area contributed by atoms with Crippen LogP contribution in [0.2, 0.25) is 0 Å². The minimum absolute atomic E-state index is 0.0483. The van der Waals surface area contributed by atoms with Crippen LogP contribution in [0.4, 0.5) is 0 Å². The zero-order valence-corrected chi connectivity index (χ0v) is 16.9. The van der Waals surface area contributed by atoms with Gasteiger partial charge in [-0.15, -0.1) is 6.58 Å². The SMILES string of the molecule is C=CCNC(O)CO/C(C=N)=C/C(C)=C/CC(/C=C\C(O)=C\C(C)C)=C/C. The van der Waals surface area contributed by atoms with Crippen molar-refractivity contribution < 1.29 is 14.9 Å². The summed E-state index contributed by atoms with van der Waals surface area (Å²) in [4.78, 5) is 0. The van der Waals surface area contributed by atoms with Gasteiger partial charge in [-0.2, -0.15) is 0 Å². The van der Waals surface area contributed by atoms with E-state index in [0.717, 1.165) is 17.4 Å². The summed E-state index contributed by atoms with van der Waals surface area (Å²) >= 11 is 0. The lowest BCUT2D eigenvalue weighted by Crippen LogP contribution is -2.33. The van der Waals surface area contributed by atoms with Gasteiger partial charge in [0, 0.05) is 6.54 Å². The molecule has 0 aliphatic heterocycles. The van der Waals surface area contributed by atoms with E-state index in [9.17, 15) is 10.2 Å². The summed E-state index contributed by atoms with van der Waals surface area (Å²) in [6.45, 7) is 12.0. The molecule has 0 heterocycles. The van der Waals surface area contributed by atoms with Gasteiger partial charge in [0.15, 0.2) is 0 Å². The maximum atomic E-state index is 9.80. The molecule has 0 bridgehead atoms. The van der Waals surface area contributed by atoms with Gasteiger partial charge in [0.2, 0.25) is 0 Å². The van der Waals surface area contributed by atoms with Crippen LogP contribution in [0.1, 0.15) is 34.1 Å². The van der Waals surface area contributed by atoms with Crippen LogP contribution in [0, 0.1) is 11.3 Å². The quantitative estimate of drug-likeness (QED) is 0.125. The fourth-order valence-corrected chi connectivity index (χ4v) is 2.01. The van der Waals surface area contributed by atoms with Gasteiger partial charge in [-0.3, -0.25) is 5.32 Å². The first-order chi connectivity index (χ1) is 12.8. The van der Waals surface area contributed by atoms with Gasteiger partial charge >= 0.3 is 0 Å². The van der Waals surface area contributed by atoms with Gasteiger partial charge in [-0.05, 0) is 50.0 Å². The van der Waals surface area contributed by atoms with E-state index < -0.39 is 6.23 Å². The van der Waals surface area contributed by atoms with Crippen LogP contribution in [-0.4, -0.2) is 35.8 Å². The number of hydrogen-bond acceptors (Lipinski definition) is 5. The molecule has 27 heavy (non-hydrogen) atoms. The average Bonchev–Trinajstić information content (AvgIpc) is 2.62. The van der Waals surface area contributed by atoms with Crippen LogP contribution >= 0.6 is 0 Å². The molecule has 1 atom stereocenters. The molecular formula is C22H34N2O3. The first kappa shape index (κ1) is 24.6. The normalized spacial score (nSPS) is 15.3. The van der Waals surface area contributed by atoms with Crippen LogP contribution in [0.5, 0.6) is 0 Å². The van der Waals surface area contributed by atoms with Crippen LogP contribution < -0.4 is 5.32 Å². The molecule has 5 nitrogen and oxygen atoms in total. The Bertz CT molecular complexity index is 611. The Hall–Kier alpha value is -2.37. The van der Waals surface area contributed by atoms with Crippen molar-refractivity contribution in [2.24, 2.45) is 5.92 Å². The minimum Gasteiger partial charge on any atom is -0.508 e. The van der Waals surface area contributed by atoms with Crippen molar-refractivity contribution in [3.63, 3.8) is 0 Å². The third-order valence-electron chi connectivity index (χ3n) is 3.42. The molecule has 0 fully saturated rings. The Balaban J connectivity index is 4.78. The third-order valence-corrected chi connectivity index (χ3v) is 3.42. The lowest BCUT2D eigenvalue weighted by atomic mass is 10.1. The average molecular weight is 375 g/mol. The highest BCUT2D eigenvalue weighted by atomic mass is 16.5. The highest BCUT2D eigenvalue weighted by Crippen LogP contribution is 2.11. The summed E-state index contributed by atoms with van der Waals surface area (Å²) in [6, 6.07) is 0. The minimum atomic E-state index is -0.818. The van der Waals surface area contributed by atoms with E-state index in [0.29, 0.717) is 24.6 Å². The van der Waals surface area contributed by atoms with Gasteiger partial charge in [0.05, 0.1) is 6.21 Å². The van der Waals surface area contributed by atoms with Crippen molar-refractivity contribution in [1.82, 2.24) is 5.32 Å². The fraction of sp³-hybridized carbons (Fsp3) is 0.409. The number of aliphatic hydroxyl groups excluding tert-OH is 2. The number of nitrogens with one attached hydrogen (secondary N) is 2. The summed E-state index contributed by atoms with van der Waals surface area (Å²) < 4.78 is 5.43. The highest BCUT2D eigenvalue weighted by Gasteiger charge is 2.03. The second-order valence-corrected chi connectivity index (χ2v) is 6.40. The van der Waals surface area contributed by atoms with Crippen LogP contribution in [0.15, 0.2) is 71.8 Å². The molecule has 0 spiro atoms. The first-order valence-corrected chi connectivity index (χ1v) is 9.10. The molecule has 0 saturated carbocycles. The van der Waals surface area contributed by atoms with E-state index in [4.69, 9.17) is 10.1 Å². The van der Waals surface area contributed by atoms with Crippen molar-refractivity contribution in [1.29, 1.82) is 5.41 Å². The number of aliphatic hydroxyl groups is 2. The Morgan fingerprint density at radius 3 is 2.56 bits per heavy atom. The van der Waals surface area contributed by atoms with Gasteiger partial charge < -0.3 is 20.4 Å². The number of allylic oxidation sites excluding steroid dienone is 9. The maximum absolute atomic E-state index is 9.80. The molecule has 1 unspecified atom stereocenters. The zero-order valence-electron chi connectivity index (χ0n) is 16.9. The maximum Gasteiger partial charge on any atom is 0.139 e. The molecule has 0 aromatic rings. The second kappa shape index (κ2) is 14.8. The van der Waals surface area contributed by atoms with Crippen molar-refractivity contribution in [3.05, 3.63) is 71.8 Å². The van der Waals surface area contributed by atoms with Crippen molar-refractivity contribution >= 4 is 6.21 Å². The lowest BCUT2D eigenvalue weighted by molar-refractivity contribution is 0.0570. The predicted octanol–water partition coefficient (Wildman–Crippen LogP) is 4.57. The second-order valence-electron chi connectivity index (χ2n) is 6.40. The van der Waals surface area contributed by atoms with Gasteiger partial charge in [0.1, 0.15) is 24.4 Å². The molecule has 0 saturated heterocycles. The molecule has 0 aliphatic carbocycles. The number of rotatable bonds is 13. The van der Waals surface area contributed by atoms with E-state index in [1.54, 1.807) is 24.3 Å². The standard InChI is InChI=1S/C22H34N2O3/c1-6-12-24-22(26)16-27-21(15-23)14-18(5)8-9-19(7-2)10-11-20(25)13-17(3)4/h6-8,10-11,13-15,17,22-26H,1,9,12,16H2,2-5H3/b11-10-,18-8+,19-7-,20-13-,21-14+,23-15?. The Labute approximate surface area is 163 Å². The van der Waals surface area contributed by atoms with E-state index in [-0.39, 0.29) is 12.4 Å². The van der Waals surface area contributed by atoms with Gasteiger partial charge in [-0.25, -0.2) is 0 Å². The predicted molar refractivity (Wildman–Crippen MR) is 114 cm³/mol. The Morgan fingerprint density at radius 2 is 2.00 bits per heavy atom. The number of ether oxygens (including phenoxy) is 1. The smallest absolute Gasteiger partial charge is 0.139 e. The van der Waals surface area contributed by atoms with E-state index in [2.05, 4.69) is 11.9 Å². The summed E-state index contributed by atoms with van der Waals surface area (Å²) in [5, 5.41) is 29.7. The summed E-state index contributed by atoms with van der Waals surface area (Å²) in [7, 11) is 0. The van der Waals surface area contributed by atoms with Crippen molar-refractivity contribution in [2.75, 3.05) is 13.2 Å². The lowest BCUT2D eigenvalue weighted by Gasteiger charge is -2.13. The summed E-state index contributed by atoms with van der Waals surface area (Å²) in [5.41, 5.74) is 2.00. The Morgan fingerprint density at radius 1 is 1.30 bits per heavy atom. The molecule has 0 aliphatic rings. The van der Waals surface area contributed by atoms with E-state index >= 15 is 0 Å². The van der Waals surface area contributed by atoms with Crippen LogP contribution in [-0.2, 0) is 4.74 Å². The van der Waals surface area contributed by atoms with Crippen molar-refractivity contribution in [3.8, 4) is 0 Å². The summed E-state index contributed by atoms with van der Waals surface area (Å²) in [6.07, 6.45) is 13.8. The van der Waals surface area contributed by atoms with E-state index in [1.807, 2.05) is 45.9 Å². The Kier molecular flexibility index (Phi) is 13.5. The topological polar surface area (TPSA) is 85.6 Å². The van der Waals surface area contributed by atoms with Gasteiger partial charge in [-0.1, -0.05) is 43.7 Å². The molecule has 0 radical (unpaired) electrons. The molecule has 0 rings (SSSR count).